The van der Waals surface area contributed by atoms with Crippen molar-refractivity contribution in [1.82, 2.24) is 0 Å². The Labute approximate surface area is 128 Å². The van der Waals surface area contributed by atoms with E-state index in [-0.39, 0.29) is 0 Å². The molecule has 0 aliphatic rings. The van der Waals surface area contributed by atoms with E-state index in [9.17, 15) is 9.59 Å². The second-order valence-electron chi connectivity index (χ2n) is 5.22. The largest absolute Gasteiger partial charge is 0.463 e. The molecule has 0 rings (SSSR count). The van der Waals surface area contributed by atoms with Crippen molar-refractivity contribution < 1.29 is 19.1 Å². The Morgan fingerprint density at radius 1 is 1.00 bits per heavy atom. The standard InChI is InChI=1S/C17H30O4/c1-4-6-7-8-9-10-11-12-14-20-17(19)15(3)21-16(18)13-5-2/h5,13,15H,4,6-12,14H2,1-3H3/b13-5-. The number of unbranched alkanes of at least 4 members (excludes halogenated alkanes) is 7. The molecule has 21 heavy (non-hydrogen) atoms. The summed E-state index contributed by atoms with van der Waals surface area (Å²) in [5.74, 6) is -0.996. The van der Waals surface area contributed by atoms with Crippen molar-refractivity contribution in [2.24, 2.45) is 0 Å². The molecule has 0 radical (unpaired) electrons. The molecule has 0 saturated carbocycles. The highest BCUT2D eigenvalue weighted by atomic mass is 16.6. The molecule has 0 aromatic heterocycles. The third-order valence-corrected chi connectivity index (χ3v) is 3.17. The van der Waals surface area contributed by atoms with Gasteiger partial charge < -0.3 is 9.47 Å². The Hall–Kier alpha value is -1.32. The summed E-state index contributed by atoms with van der Waals surface area (Å²) < 4.78 is 9.97. The summed E-state index contributed by atoms with van der Waals surface area (Å²) in [6.45, 7) is 5.86. The van der Waals surface area contributed by atoms with E-state index in [1.54, 1.807) is 13.0 Å². The quantitative estimate of drug-likeness (QED) is 0.308. The molecule has 0 saturated heterocycles. The van der Waals surface area contributed by atoms with Gasteiger partial charge in [-0.2, -0.15) is 0 Å². The van der Waals surface area contributed by atoms with Crippen LogP contribution in [0.1, 0.15) is 72.1 Å². The molecule has 0 N–H and O–H groups in total. The van der Waals surface area contributed by atoms with E-state index < -0.39 is 18.0 Å². The predicted molar refractivity (Wildman–Crippen MR) is 83.9 cm³/mol. The molecule has 0 amide bonds. The molecule has 4 nitrogen and oxygen atoms in total. The first-order valence-electron chi connectivity index (χ1n) is 8.11. The molecule has 0 aromatic rings. The van der Waals surface area contributed by atoms with Gasteiger partial charge in [0.05, 0.1) is 6.61 Å². The van der Waals surface area contributed by atoms with E-state index in [4.69, 9.17) is 9.47 Å². The van der Waals surface area contributed by atoms with E-state index in [2.05, 4.69) is 6.92 Å². The van der Waals surface area contributed by atoms with Crippen molar-refractivity contribution in [1.29, 1.82) is 0 Å². The highest BCUT2D eigenvalue weighted by Gasteiger charge is 2.17. The topological polar surface area (TPSA) is 52.6 Å². The van der Waals surface area contributed by atoms with Crippen LogP contribution in [-0.4, -0.2) is 24.6 Å². The van der Waals surface area contributed by atoms with Gasteiger partial charge >= 0.3 is 11.9 Å². The number of carbonyl (C=O) groups excluding carboxylic acids is 2. The summed E-state index contributed by atoms with van der Waals surface area (Å²) in [7, 11) is 0. The number of rotatable bonds is 12. The van der Waals surface area contributed by atoms with Gasteiger partial charge in [-0.05, 0) is 20.3 Å². The van der Waals surface area contributed by atoms with Gasteiger partial charge in [-0.25, -0.2) is 9.59 Å². The van der Waals surface area contributed by atoms with Crippen LogP contribution in [0.25, 0.3) is 0 Å². The minimum absolute atomic E-state index is 0.402. The number of allylic oxidation sites excluding steroid dienone is 1. The lowest BCUT2D eigenvalue weighted by atomic mass is 10.1. The van der Waals surface area contributed by atoms with Gasteiger partial charge in [0.15, 0.2) is 6.10 Å². The molecule has 4 heteroatoms. The first-order chi connectivity index (χ1) is 10.1. The van der Waals surface area contributed by atoms with Crippen LogP contribution in [0.5, 0.6) is 0 Å². The van der Waals surface area contributed by atoms with Crippen LogP contribution >= 0.6 is 0 Å². The van der Waals surface area contributed by atoms with Crippen LogP contribution in [-0.2, 0) is 19.1 Å². The van der Waals surface area contributed by atoms with Crippen molar-refractivity contribution >= 4 is 11.9 Å². The molecular weight excluding hydrogens is 268 g/mol. The number of esters is 2. The van der Waals surface area contributed by atoms with Crippen molar-refractivity contribution in [2.75, 3.05) is 6.61 Å². The second kappa shape index (κ2) is 13.7. The molecule has 1 unspecified atom stereocenters. The zero-order chi connectivity index (χ0) is 15.9. The number of ether oxygens (including phenoxy) is 2. The Morgan fingerprint density at radius 2 is 1.57 bits per heavy atom. The lowest BCUT2D eigenvalue weighted by Crippen LogP contribution is -2.25. The smallest absolute Gasteiger partial charge is 0.347 e. The zero-order valence-corrected chi connectivity index (χ0v) is 13.7. The summed E-state index contributed by atoms with van der Waals surface area (Å²) in [5.41, 5.74) is 0. The van der Waals surface area contributed by atoms with Crippen molar-refractivity contribution in [3.8, 4) is 0 Å². The highest BCUT2D eigenvalue weighted by Crippen LogP contribution is 2.08. The summed E-state index contributed by atoms with van der Waals surface area (Å²) in [6, 6.07) is 0. The fraction of sp³-hybridized carbons (Fsp3) is 0.765. The Balaban J connectivity index is 3.50. The van der Waals surface area contributed by atoms with Crippen LogP contribution in [0, 0.1) is 0 Å². The summed E-state index contributed by atoms with van der Waals surface area (Å²) in [4.78, 5) is 22.7. The molecule has 0 bridgehead atoms. The zero-order valence-electron chi connectivity index (χ0n) is 13.7. The van der Waals surface area contributed by atoms with E-state index in [1.807, 2.05) is 0 Å². The van der Waals surface area contributed by atoms with Crippen LogP contribution in [0.2, 0.25) is 0 Å². The fourth-order valence-corrected chi connectivity index (χ4v) is 1.92. The third kappa shape index (κ3) is 12.2. The van der Waals surface area contributed by atoms with Gasteiger partial charge in [0.2, 0.25) is 0 Å². The first kappa shape index (κ1) is 19.7. The number of hydrogen-bond donors (Lipinski definition) is 0. The molecule has 0 fully saturated rings. The van der Waals surface area contributed by atoms with E-state index in [1.165, 1.54) is 51.5 Å². The van der Waals surface area contributed by atoms with Crippen LogP contribution < -0.4 is 0 Å². The van der Waals surface area contributed by atoms with Gasteiger partial charge in [-0.15, -0.1) is 0 Å². The number of carbonyl (C=O) groups is 2. The van der Waals surface area contributed by atoms with Gasteiger partial charge in [0.25, 0.3) is 0 Å². The van der Waals surface area contributed by atoms with Crippen LogP contribution in [0.3, 0.4) is 0 Å². The summed E-state index contributed by atoms with van der Waals surface area (Å²) in [5, 5.41) is 0. The molecule has 0 aliphatic carbocycles. The van der Waals surface area contributed by atoms with E-state index >= 15 is 0 Å². The average Bonchev–Trinajstić information content (AvgIpc) is 2.45. The number of hydrogen-bond acceptors (Lipinski definition) is 4. The highest BCUT2D eigenvalue weighted by molar-refractivity contribution is 5.85. The molecule has 0 aliphatic heterocycles. The summed E-state index contributed by atoms with van der Waals surface area (Å²) in [6.07, 6.45) is 11.6. The summed E-state index contributed by atoms with van der Waals surface area (Å²) >= 11 is 0. The van der Waals surface area contributed by atoms with Gasteiger partial charge in [-0.3, -0.25) is 0 Å². The van der Waals surface area contributed by atoms with Crippen LogP contribution in [0.4, 0.5) is 0 Å². The normalized spacial score (nSPS) is 12.3. The predicted octanol–water partition coefficient (Wildman–Crippen LogP) is 4.18. The van der Waals surface area contributed by atoms with Crippen LogP contribution in [0.15, 0.2) is 12.2 Å². The molecule has 122 valence electrons. The minimum Gasteiger partial charge on any atom is -0.463 e. The van der Waals surface area contributed by atoms with E-state index in [0.717, 1.165) is 12.8 Å². The van der Waals surface area contributed by atoms with Crippen molar-refractivity contribution in [3.63, 3.8) is 0 Å². The van der Waals surface area contributed by atoms with Gasteiger partial charge in [0, 0.05) is 6.08 Å². The SMILES string of the molecule is C/C=C\C(=O)OC(C)C(=O)OCCCCCCCCCC. The molecule has 0 heterocycles. The third-order valence-electron chi connectivity index (χ3n) is 3.17. The maximum Gasteiger partial charge on any atom is 0.347 e. The average molecular weight is 298 g/mol. The maximum atomic E-state index is 11.6. The lowest BCUT2D eigenvalue weighted by molar-refractivity contribution is -0.163. The molecular formula is C17H30O4. The Kier molecular flexibility index (Phi) is 12.8. The lowest BCUT2D eigenvalue weighted by Gasteiger charge is -2.11. The Bertz CT molecular complexity index is 310. The molecule has 0 spiro atoms. The monoisotopic (exact) mass is 298 g/mol. The Morgan fingerprint density at radius 3 is 2.14 bits per heavy atom. The van der Waals surface area contributed by atoms with E-state index in [0.29, 0.717) is 6.61 Å². The van der Waals surface area contributed by atoms with Crippen molar-refractivity contribution in [2.45, 2.75) is 78.2 Å². The van der Waals surface area contributed by atoms with Crippen molar-refractivity contribution in [3.05, 3.63) is 12.2 Å². The molecule has 1 atom stereocenters. The first-order valence-corrected chi connectivity index (χ1v) is 8.11. The maximum absolute atomic E-state index is 11.6. The van der Waals surface area contributed by atoms with Gasteiger partial charge in [0.1, 0.15) is 0 Å². The minimum atomic E-state index is -0.845. The van der Waals surface area contributed by atoms with Gasteiger partial charge in [-0.1, -0.05) is 57.9 Å². The second-order valence-corrected chi connectivity index (χ2v) is 5.22. The molecule has 0 aromatic carbocycles. The fourth-order valence-electron chi connectivity index (χ4n) is 1.92.